The van der Waals surface area contributed by atoms with Crippen molar-refractivity contribution in [3.8, 4) is 0 Å². The Bertz CT molecular complexity index is 117. The molecule has 2 fully saturated rings. The molecule has 0 aromatic carbocycles. The van der Waals surface area contributed by atoms with E-state index < -0.39 is 0 Å². The molecule has 0 heterocycles. The topological polar surface area (TPSA) is 26.0 Å². The van der Waals surface area contributed by atoms with E-state index in [0.29, 0.717) is 5.41 Å². The summed E-state index contributed by atoms with van der Waals surface area (Å²) in [5.74, 6) is 1.07. The van der Waals surface area contributed by atoms with E-state index >= 15 is 0 Å². The molecule has 58 valence electrons. The maximum atomic E-state index is 5.74. The van der Waals surface area contributed by atoms with Gasteiger partial charge < -0.3 is 5.73 Å². The highest BCUT2D eigenvalue weighted by Gasteiger charge is 2.40. The Kier molecular flexibility index (Phi) is 1.48. The molecule has 1 nitrogen and oxygen atoms in total. The summed E-state index contributed by atoms with van der Waals surface area (Å²) in [5, 5.41) is 0. The van der Waals surface area contributed by atoms with Crippen LogP contribution >= 0.6 is 0 Å². The van der Waals surface area contributed by atoms with Gasteiger partial charge in [0.15, 0.2) is 0 Å². The number of nitrogens with two attached hydrogens (primary N) is 1. The Hall–Kier alpha value is -0.0400. The average molecular weight is 139 g/mol. The first kappa shape index (κ1) is 6.66. The molecule has 0 atom stereocenters. The van der Waals surface area contributed by atoms with Crippen molar-refractivity contribution in [2.24, 2.45) is 17.1 Å². The van der Waals surface area contributed by atoms with Gasteiger partial charge in [-0.3, -0.25) is 0 Å². The third-order valence-corrected chi connectivity index (χ3v) is 3.27. The van der Waals surface area contributed by atoms with E-state index in [1.165, 1.54) is 38.5 Å². The van der Waals surface area contributed by atoms with Gasteiger partial charge in [0.2, 0.25) is 0 Å². The third-order valence-electron chi connectivity index (χ3n) is 3.27. The van der Waals surface area contributed by atoms with Crippen LogP contribution in [-0.4, -0.2) is 6.54 Å². The van der Waals surface area contributed by atoms with E-state index in [2.05, 4.69) is 0 Å². The van der Waals surface area contributed by atoms with Crippen LogP contribution in [0, 0.1) is 11.3 Å². The maximum Gasteiger partial charge on any atom is -0.00204 e. The highest BCUT2D eigenvalue weighted by atomic mass is 14.6. The normalized spacial score (nSPS) is 29.7. The van der Waals surface area contributed by atoms with Crippen LogP contribution in [0.1, 0.15) is 38.5 Å². The average Bonchev–Trinajstić information content (AvgIpc) is 2.62. The van der Waals surface area contributed by atoms with E-state index in [0.717, 1.165) is 12.5 Å². The molecule has 0 spiro atoms. The molecule has 2 saturated carbocycles. The first-order valence-corrected chi connectivity index (χ1v) is 4.55. The minimum Gasteiger partial charge on any atom is -0.330 e. The summed E-state index contributed by atoms with van der Waals surface area (Å²) < 4.78 is 0. The zero-order chi connectivity index (χ0) is 7.03. The van der Waals surface area contributed by atoms with Crippen LogP contribution in [0.4, 0.5) is 0 Å². The predicted octanol–water partition coefficient (Wildman–Crippen LogP) is 1.92. The standard InChI is InChI=1S/C9H17N/c10-7-9(4-1-5-9)6-8-2-3-8/h8H,1-7,10H2. The molecular weight excluding hydrogens is 122 g/mol. The van der Waals surface area contributed by atoms with Crippen molar-refractivity contribution < 1.29 is 0 Å². The molecule has 0 aromatic rings. The van der Waals surface area contributed by atoms with E-state index in [1.54, 1.807) is 0 Å². The van der Waals surface area contributed by atoms with Gasteiger partial charge in [0.25, 0.3) is 0 Å². The second-order valence-corrected chi connectivity index (χ2v) is 4.21. The molecular formula is C9H17N. The molecule has 10 heavy (non-hydrogen) atoms. The lowest BCUT2D eigenvalue weighted by Gasteiger charge is -2.41. The monoisotopic (exact) mass is 139 g/mol. The van der Waals surface area contributed by atoms with Crippen molar-refractivity contribution in [1.29, 1.82) is 0 Å². The summed E-state index contributed by atoms with van der Waals surface area (Å²) in [6, 6.07) is 0. The van der Waals surface area contributed by atoms with Crippen molar-refractivity contribution in [3.05, 3.63) is 0 Å². The predicted molar refractivity (Wildman–Crippen MR) is 42.7 cm³/mol. The van der Waals surface area contributed by atoms with Crippen molar-refractivity contribution in [2.75, 3.05) is 6.54 Å². The van der Waals surface area contributed by atoms with Gasteiger partial charge in [0, 0.05) is 0 Å². The lowest BCUT2D eigenvalue weighted by molar-refractivity contribution is 0.122. The Morgan fingerprint density at radius 2 is 2.00 bits per heavy atom. The molecule has 0 unspecified atom stereocenters. The fourth-order valence-electron chi connectivity index (χ4n) is 2.10. The first-order chi connectivity index (χ1) is 4.85. The van der Waals surface area contributed by atoms with E-state index in [4.69, 9.17) is 5.73 Å². The van der Waals surface area contributed by atoms with Gasteiger partial charge in [-0.2, -0.15) is 0 Å². The lowest BCUT2D eigenvalue weighted by atomic mass is 9.66. The van der Waals surface area contributed by atoms with E-state index in [1.807, 2.05) is 0 Å². The maximum absolute atomic E-state index is 5.74. The van der Waals surface area contributed by atoms with Crippen LogP contribution in [-0.2, 0) is 0 Å². The lowest BCUT2D eigenvalue weighted by Crippen LogP contribution is -2.37. The zero-order valence-electron chi connectivity index (χ0n) is 6.60. The summed E-state index contributed by atoms with van der Waals surface area (Å²) >= 11 is 0. The van der Waals surface area contributed by atoms with Gasteiger partial charge in [0.05, 0.1) is 0 Å². The molecule has 2 N–H and O–H groups in total. The summed E-state index contributed by atoms with van der Waals surface area (Å²) in [7, 11) is 0. The molecule has 0 radical (unpaired) electrons. The van der Waals surface area contributed by atoms with Crippen molar-refractivity contribution in [3.63, 3.8) is 0 Å². The van der Waals surface area contributed by atoms with Crippen LogP contribution in [0.15, 0.2) is 0 Å². The molecule has 2 rings (SSSR count). The van der Waals surface area contributed by atoms with Crippen molar-refractivity contribution >= 4 is 0 Å². The van der Waals surface area contributed by atoms with Gasteiger partial charge in [-0.05, 0) is 37.1 Å². The SMILES string of the molecule is NCC1(CC2CC2)CCC1. The van der Waals surface area contributed by atoms with Gasteiger partial charge in [-0.1, -0.05) is 19.3 Å². The van der Waals surface area contributed by atoms with Crippen LogP contribution in [0.2, 0.25) is 0 Å². The fourth-order valence-corrected chi connectivity index (χ4v) is 2.10. The number of hydrogen-bond donors (Lipinski definition) is 1. The Morgan fingerprint density at radius 1 is 1.30 bits per heavy atom. The highest BCUT2D eigenvalue weighted by Crippen LogP contribution is 2.50. The van der Waals surface area contributed by atoms with Crippen LogP contribution < -0.4 is 5.73 Å². The van der Waals surface area contributed by atoms with Crippen LogP contribution in [0.3, 0.4) is 0 Å². The van der Waals surface area contributed by atoms with E-state index in [-0.39, 0.29) is 0 Å². The molecule has 0 amide bonds. The molecule has 2 aliphatic rings. The molecule has 0 bridgehead atoms. The number of hydrogen-bond acceptors (Lipinski definition) is 1. The van der Waals surface area contributed by atoms with Gasteiger partial charge >= 0.3 is 0 Å². The summed E-state index contributed by atoms with van der Waals surface area (Å²) in [6.07, 6.45) is 8.69. The highest BCUT2D eigenvalue weighted by molar-refractivity contribution is 4.93. The summed E-state index contributed by atoms with van der Waals surface area (Å²) in [5.41, 5.74) is 6.37. The van der Waals surface area contributed by atoms with Gasteiger partial charge in [-0.15, -0.1) is 0 Å². The van der Waals surface area contributed by atoms with Gasteiger partial charge in [-0.25, -0.2) is 0 Å². The largest absolute Gasteiger partial charge is 0.330 e. The van der Waals surface area contributed by atoms with E-state index in [9.17, 15) is 0 Å². The van der Waals surface area contributed by atoms with Gasteiger partial charge in [0.1, 0.15) is 0 Å². The molecule has 0 aliphatic heterocycles. The van der Waals surface area contributed by atoms with Crippen LogP contribution in [0.5, 0.6) is 0 Å². The minimum atomic E-state index is 0.626. The third kappa shape index (κ3) is 1.07. The zero-order valence-corrected chi connectivity index (χ0v) is 6.60. The summed E-state index contributed by atoms with van der Waals surface area (Å²) in [6.45, 7) is 0.948. The Labute approximate surface area is 63.0 Å². The molecule has 1 heteroatoms. The Balaban J connectivity index is 1.84. The minimum absolute atomic E-state index is 0.626. The second-order valence-electron chi connectivity index (χ2n) is 4.21. The van der Waals surface area contributed by atoms with Crippen molar-refractivity contribution in [1.82, 2.24) is 0 Å². The van der Waals surface area contributed by atoms with Crippen LogP contribution in [0.25, 0.3) is 0 Å². The molecule has 0 saturated heterocycles. The molecule has 0 aromatic heterocycles. The quantitative estimate of drug-likeness (QED) is 0.635. The first-order valence-electron chi connectivity index (χ1n) is 4.55. The number of rotatable bonds is 3. The summed E-state index contributed by atoms with van der Waals surface area (Å²) in [4.78, 5) is 0. The Morgan fingerprint density at radius 3 is 2.30 bits per heavy atom. The second kappa shape index (κ2) is 2.23. The van der Waals surface area contributed by atoms with Crippen molar-refractivity contribution in [2.45, 2.75) is 38.5 Å². The smallest absolute Gasteiger partial charge is 0.00204 e. The molecule has 2 aliphatic carbocycles. The fraction of sp³-hybridized carbons (Fsp3) is 1.00.